The summed E-state index contributed by atoms with van der Waals surface area (Å²) < 4.78 is 5.43. The van der Waals surface area contributed by atoms with Gasteiger partial charge in [0, 0.05) is 17.3 Å². The minimum absolute atomic E-state index is 0.115. The van der Waals surface area contributed by atoms with Crippen molar-refractivity contribution in [3.8, 4) is 0 Å². The molecule has 4 heteroatoms. The molecule has 3 atom stereocenters. The molecule has 140 valence electrons. The lowest BCUT2D eigenvalue weighted by Gasteiger charge is -2.19. The monoisotopic (exact) mass is 410 g/mol. The second-order valence-corrected chi connectivity index (χ2v) is 8.40. The summed E-state index contributed by atoms with van der Waals surface area (Å²) in [5.74, 6) is 1.02. The summed E-state index contributed by atoms with van der Waals surface area (Å²) in [6, 6.07) is 0. The number of esters is 1. The predicted octanol–water partition coefficient (Wildman–Crippen LogP) is 5.38. The van der Waals surface area contributed by atoms with Crippen molar-refractivity contribution in [3.05, 3.63) is 23.3 Å². The third-order valence-electron chi connectivity index (χ3n) is 5.89. The smallest absolute Gasteiger partial charge is 0.333 e. The van der Waals surface area contributed by atoms with Gasteiger partial charge < -0.3 is 4.74 Å². The van der Waals surface area contributed by atoms with Gasteiger partial charge in [-0.15, -0.1) is 0 Å². The van der Waals surface area contributed by atoms with Crippen LogP contribution in [0.2, 0.25) is 0 Å². The Morgan fingerprint density at radius 1 is 1.20 bits per heavy atom. The van der Waals surface area contributed by atoms with Crippen LogP contribution in [0.15, 0.2) is 23.3 Å². The van der Waals surface area contributed by atoms with Crippen molar-refractivity contribution in [1.82, 2.24) is 0 Å². The Morgan fingerprint density at radius 3 is 2.64 bits per heavy atom. The number of hydrogen-bond acceptors (Lipinski definition) is 3. The van der Waals surface area contributed by atoms with Gasteiger partial charge >= 0.3 is 5.97 Å². The quantitative estimate of drug-likeness (QED) is 0.233. The van der Waals surface area contributed by atoms with Crippen LogP contribution in [-0.4, -0.2) is 23.7 Å². The molecule has 0 aromatic carbocycles. The van der Waals surface area contributed by atoms with E-state index in [9.17, 15) is 9.59 Å². The van der Waals surface area contributed by atoms with E-state index in [4.69, 9.17) is 4.74 Å². The van der Waals surface area contributed by atoms with Crippen LogP contribution in [0.1, 0.15) is 65.2 Å². The number of alkyl halides is 1. The number of carbonyl (C=O) groups excluding carboxylic acids is 2. The number of hydrogen-bond donors (Lipinski definition) is 0. The molecule has 0 heterocycles. The minimum atomic E-state index is -0.251. The van der Waals surface area contributed by atoms with Crippen molar-refractivity contribution in [3.63, 3.8) is 0 Å². The highest BCUT2D eigenvalue weighted by molar-refractivity contribution is 9.09. The van der Waals surface area contributed by atoms with Gasteiger partial charge in [-0.2, -0.15) is 0 Å². The Morgan fingerprint density at radius 2 is 1.92 bits per heavy atom. The fourth-order valence-electron chi connectivity index (χ4n) is 4.09. The number of fused-ring (bicyclic) bond motifs is 1. The normalized spacial score (nSPS) is 26.4. The number of allylic oxidation sites excluding steroid dienone is 2. The van der Waals surface area contributed by atoms with Crippen molar-refractivity contribution in [2.24, 2.45) is 17.8 Å². The molecule has 2 aliphatic carbocycles. The molecule has 0 saturated heterocycles. The fraction of sp³-hybridized carbons (Fsp3) is 0.714. The summed E-state index contributed by atoms with van der Waals surface area (Å²) in [4.78, 5) is 24.4. The Bertz CT molecular complexity index is 549. The van der Waals surface area contributed by atoms with Crippen molar-refractivity contribution >= 4 is 27.7 Å². The van der Waals surface area contributed by atoms with E-state index in [2.05, 4.69) is 29.4 Å². The summed E-state index contributed by atoms with van der Waals surface area (Å²) in [7, 11) is 0. The molecule has 0 aromatic rings. The maximum Gasteiger partial charge on any atom is 0.333 e. The summed E-state index contributed by atoms with van der Waals surface area (Å²) >= 11 is 3.42. The molecule has 0 aliphatic heterocycles. The van der Waals surface area contributed by atoms with E-state index in [-0.39, 0.29) is 17.7 Å². The van der Waals surface area contributed by atoms with Gasteiger partial charge in [0.2, 0.25) is 0 Å². The number of ether oxygens (including phenoxy) is 1. The standard InChI is InChI=1S/C21H31BrO3/c1-14-8-9-17(12-19-16(3)20(23)13-18(14)19)15(2)21(24)25-11-7-5-4-6-10-22/h14,17-18H,2,4-13H2,1,3H3/t14-,17+,18-/m0/s1. The van der Waals surface area contributed by atoms with Gasteiger partial charge in [-0.3, -0.25) is 4.79 Å². The number of Topliss-reactive ketones (excluding diaryl/α,β-unsaturated/α-hetero) is 1. The van der Waals surface area contributed by atoms with Gasteiger partial charge in [0.1, 0.15) is 0 Å². The van der Waals surface area contributed by atoms with Crippen molar-refractivity contribution in [2.75, 3.05) is 11.9 Å². The minimum Gasteiger partial charge on any atom is -0.462 e. The molecule has 0 aromatic heterocycles. The maximum atomic E-state index is 12.4. The highest BCUT2D eigenvalue weighted by Gasteiger charge is 2.38. The lowest BCUT2D eigenvalue weighted by molar-refractivity contribution is -0.139. The molecule has 0 bridgehead atoms. The summed E-state index contributed by atoms with van der Waals surface area (Å²) in [5, 5.41) is 1.03. The molecule has 2 rings (SSSR count). The summed E-state index contributed by atoms with van der Waals surface area (Å²) in [6.45, 7) is 8.70. The SMILES string of the molecule is C=C(C(=O)OCCCCCCBr)[C@@H]1CC[C@H](C)[C@@H]2CC(=O)C(C)=C2C1. The Labute approximate surface area is 160 Å². The zero-order chi connectivity index (χ0) is 18.4. The molecular formula is C21H31BrO3. The van der Waals surface area contributed by atoms with E-state index in [1.165, 1.54) is 5.57 Å². The third-order valence-corrected chi connectivity index (χ3v) is 6.45. The first-order valence-corrected chi connectivity index (χ1v) is 10.7. The van der Waals surface area contributed by atoms with Gasteiger partial charge in [0.15, 0.2) is 5.78 Å². The van der Waals surface area contributed by atoms with Crippen LogP contribution < -0.4 is 0 Å². The van der Waals surface area contributed by atoms with E-state index in [1.807, 2.05) is 6.92 Å². The molecule has 1 saturated carbocycles. The van der Waals surface area contributed by atoms with E-state index < -0.39 is 0 Å². The molecule has 2 aliphatic rings. The van der Waals surface area contributed by atoms with Crippen molar-refractivity contribution < 1.29 is 14.3 Å². The van der Waals surface area contributed by atoms with Crippen LogP contribution in [0.5, 0.6) is 0 Å². The molecule has 0 unspecified atom stereocenters. The number of rotatable bonds is 8. The molecular weight excluding hydrogens is 380 g/mol. The van der Waals surface area contributed by atoms with E-state index >= 15 is 0 Å². The number of ketones is 1. The van der Waals surface area contributed by atoms with Crippen LogP contribution in [0.25, 0.3) is 0 Å². The van der Waals surface area contributed by atoms with Crippen molar-refractivity contribution in [2.45, 2.75) is 65.2 Å². The lowest BCUT2D eigenvalue weighted by Crippen LogP contribution is -2.16. The number of carbonyl (C=O) groups is 2. The van der Waals surface area contributed by atoms with Crippen LogP contribution in [-0.2, 0) is 14.3 Å². The molecule has 25 heavy (non-hydrogen) atoms. The summed E-state index contributed by atoms with van der Waals surface area (Å²) in [6.07, 6.45) is 7.77. The van der Waals surface area contributed by atoms with Gasteiger partial charge in [0.05, 0.1) is 6.61 Å². The lowest BCUT2D eigenvalue weighted by atomic mass is 9.86. The first kappa shape index (κ1) is 20.4. The number of unbranched alkanes of at least 4 members (excludes halogenated alkanes) is 3. The Hall–Kier alpha value is -0.900. The highest BCUT2D eigenvalue weighted by atomic mass is 79.9. The zero-order valence-corrected chi connectivity index (χ0v) is 17.2. The summed E-state index contributed by atoms with van der Waals surface area (Å²) in [5.41, 5.74) is 2.79. The Balaban J connectivity index is 1.88. The Kier molecular flexibility index (Phi) is 7.92. The van der Waals surface area contributed by atoms with Crippen LogP contribution >= 0.6 is 15.9 Å². The highest BCUT2D eigenvalue weighted by Crippen LogP contribution is 2.45. The van der Waals surface area contributed by atoms with E-state index in [0.29, 0.717) is 30.4 Å². The van der Waals surface area contributed by atoms with Crippen LogP contribution in [0.4, 0.5) is 0 Å². The van der Waals surface area contributed by atoms with E-state index in [1.54, 1.807) is 0 Å². The third kappa shape index (κ3) is 5.29. The first-order valence-electron chi connectivity index (χ1n) is 9.60. The molecule has 0 N–H and O–H groups in total. The van der Waals surface area contributed by atoms with Crippen LogP contribution in [0, 0.1) is 17.8 Å². The van der Waals surface area contributed by atoms with Crippen molar-refractivity contribution in [1.29, 1.82) is 0 Å². The predicted molar refractivity (Wildman–Crippen MR) is 105 cm³/mol. The van der Waals surface area contributed by atoms with E-state index in [0.717, 1.165) is 55.8 Å². The largest absolute Gasteiger partial charge is 0.462 e. The fourth-order valence-corrected chi connectivity index (χ4v) is 4.48. The van der Waals surface area contributed by atoms with Gasteiger partial charge in [0.25, 0.3) is 0 Å². The first-order chi connectivity index (χ1) is 12.0. The molecule has 0 radical (unpaired) electrons. The average molecular weight is 411 g/mol. The maximum absolute atomic E-state index is 12.4. The molecule has 3 nitrogen and oxygen atoms in total. The molecule has 0 spiro atoms. The average Bonchev–Trinajstić information content (AvgIpc) is 2.77. The number of halogens is 1. The van der Waals surface area contributed by atoms with Gasteiger partial charge in [-0.05, 0) is 62.4 Å². The van der Waals surface area contributed by atoms with Gasteiger partial charge in [-0.1, -0.05) is 47.8 Å². The van der Waals surface area contributed by atoms with Crippen LogP contribution in [0.3, 0.4) is 0 Å². The topological polar surface area (TPSA) is 43.4 Å². The molecule has 0 amide bonds. The molecule has 1 fully saturated rings. The van der Waals surface area contributed by atoms with Gasteiger partial charge in [-0.25, -0.2) is 4.79 Å². The second-order valence-electron chi connectivity index (χ2n) is 7.60. The zero-order valence-electron chi connectivity index (χ0n) is 15.6. The second kappa shape index (κ2) is 9.70.